The zero-order valence-corrected chi connectivity index (χ0v) is 22.0. The fraction of sp³-hybridized carbons (Fsp3) is 0.214. The number of nitrogens with one attached hydrogen (secondary N) is 3. The van der Waals surface area contributed by atoms with Gasteiger partial charge in [-0.25, -0.2) is 0 Å². The number of halogens is 1. The molecule has 4 N–H and O–H groups in total. The van der Waals surface area contributed by atoms with Gasteiger partial charge in [0.1, 0.15) is 0 Å². The molecule has 9 nitrogen and oxygen atoms in total. The van der Waals surface area contributed by atoms with Gasteiger partial charge < -0.3 is 26.0 Å². The van der Waals surface area contributed by atoms with Crippen molar-refractivity contribution in [1.82, 2.24) is 10.2 Å². The van der Waals surface area contributed by atoms with Crippen LogP contribution in [-0.4, -0.2) is 46.8 Å². The topological polar surface area (TPSA) is 123 Å². The molecule has 1 atom stereocenters. The zero-order chi connectivity index (χ0) is 26.6. The van der Waals surface area contributed by atoms with E-state index in [-0.39, 0.29) is 18.2 Å². The number of hydrogen-bond acceptors (Lipinski definition) is 6. The van der Waals surface area contributed by atoms with Crippen LogP contribution in [0.4, 0.5) is 11.4 Å². The molecule has 0 bridgehead atoms. The number of aliphatic imine (C=N–C) groups is 1. The highest BCUT2D eigenvalue weighted by atomic mass is 79.9. The van der Waals surface area contributed by atoms with Crippen molar-refractivity contribution in [2.24, 2.45) is 4.99 Å². The van der Waals surface area contributed by atoms with Gasteiger partial charge in [0.05, 0.1) is 12.5 Å². The predicted octanol–water partition coefficient (Wildman–Crippen LogP) is 4.63. The average molecular weight is 576 g/mol. The van der Waals surface area contributed by atoms with Crippen molar-refractivity contribution < 1.29 is 19.5 Å². The maximum Gasteiger partial charge on any atom is 0.305 e. The zero-order valence-electron chi connectivity index (χ0n) is 20.4. The molecule has 0 fully saturated rings. The van der Waals surface area contributed by atoms with E-state index in [0.29, 0.717) is 29.3 Å². The van der Waals surface area contributed by atoms with Gasteiger partial charge >= 0.3 is 5.97 Å². The Morgan fingerprint density at radius 1 is 1.08 bits per heavy atom. The van der Waals surface area contributed by atoms with Crippen LogP contribution < -0.4 is 16.0 Å². The largest absolute Gasteiger partial charge is 0.481 e. The number of fused-ring (bicyclic) bond motifs is 1. The quantitative estimate of drug-likeness (QED) is 0.325. The van der Waals surface area contributed by atoms with E-state index in [1.54, 1.807) is 41.3 Å². The minimum Gasteiger partial charge on any atom is -0.481 e. The first-order valence-electron chi connectivity index (χ1n) is 12.3. The molecule has 0 saturated carbocycles. The monoisotopic (exact) mass is 575 g/mol. The van der Waals surface area contributed by atoms with Crippen molar-refractivity contribution in [1.29, 1.82) is 0 Å². The van der Waals surface area contributed by atoms with E-state index in [1.807, 2.05) is 30.3 Å². The second kappa shape index (κ2) is 11.1. The number of guanidine groups is 1. The smallest absolute Gasteiger partial charge is 0.305 e. The Hall–Kier alpha value is -4.18. The number of anilines is 2. The van der Waals surface area contributed by atoms with Crippen LogP contribution in [0.1, 0.15) is 50.7 Å². The Kier molecular flexibility index (Phi) is 7.41. The van der Waals surface area contributed by atoms with Gasteiger partial charge in [-0.05, 0) is 60.0 Å². The first-order chi connectivity index (χ1) is 18.4. The standard InChI is InChI=1S/C28H26BrN5O4/c29-20-8-5-17(6-9-20)24(15-25(35)36)34-16-19-7-10-22(14-23(19)27(34)38)32-26(37)18-3-1-4-21(13-18)33-28-30-11-2-12-31-28/h1,3-10,13-14,24H,2,11-12,15-16H2,(H,32,37)(H,35,36)(H2,30,31,33). The number of hydrogen-bond donors (Lipinski definition) is 4. The summed E-state index contributed by atoms with van der Waals surface area (Å²) in [6.07, 6.45) is 0.774. The minimum absolute atomic E-state index is 0.211. The van der Waals surface area contributed by atoms with Gasteiger partial charge in [-0.2, -0.15) is 0 Å². The molecule has 0 saturated heterocycles. The summed E-state index contributed by atoms with van der Waals surface area (Å²) in [5.74, 6) is -0.886. The SMILES string of the molecule is O=C(O)CC(c1ccc(Br)cc1)N1Cc2ccc(NC(=O)c3cccc(NC4=NCCCN4)c3)cc2C1=O. The molecule has 0 aromatic heterocycles. The number of carbonyl (C=O) groups excluding carboxylic acids is 2. The van der Waals surface area contributed by atoms with E-state index in [2.05, 4.69) is 36.9 Å². The molecule has 38 heavy (non-hydrogen) atoms. The van der Waals surface area contributed by atoms with Crippen LogP contribution in [0.15, 0.2) is 76.2 Å². The number of carboxylic acid groups (broad SMARTS) is 1. The summed E-state index contributed by atoms with van der Waals surface area (Å²) < 4.78 is 0.868. The molecule has 3 aromatic carbocycles. The Labute approximate surface area is 228 Å². The van der Waals surface area contributed by atoms with Gasteiger partial charge in [-0.3, -0.25) is 19.4 Å². The maximum atomic E-state index is 13.4. The van der Waals surface area contributed by atoms with Crippen LogP contribution in [-0.2, 0) is 11.3 Å². The van der Waals surface area contributed by atoms with Gasteiger partial charge in [0.2, 0.25) is 0 Å². The van der Waals surface area contributed by atoms with E-state index in [9.17, 15) is 19.5 Å². The molecule has 5 rings (SSSR count). The van der Waals surface area contributed by atoms with Crippen molar-refractivity contribution >= 4 is 51.0 Å². The van der Waals surface area contributed by atoms with Gasteiger partial charge in [-0.15, -0.1) is 0 Å². The summed E-state index contributed by atoms with van der Waals surface area (Å²) in [5.41, 5.74) is 3.66. The normalized spacial score (nSPS) is 15.2. The lowest BCUT2D eigenvalue weighted by Gasteiger charge is -2.27. The third-order valence-electron chi connectivity index (χ3n) is 6.48. The average Bonchev–Trinajstić information content (AvgIpc) is 3.24. The molecule has 2 aliphatic rings. The van der Waals surface area contributed by atoms with Crippen LogP contribution in [0, 0.1) is 0 Å². The Bertz CT molecular complexity index is 1420. The summed E-state index contributed by atoms with van der Waals surface area (Å²) in [5, 5.41) is 18.8. The third kappa shape index (κ3) is 5.70. The van der Waals surface area contributed by atoms with Crippen molar-refractivity contribution in [2.45, 2.75) is 25.4 Å². The van der Waals surface area contributed by atoms with Crippen LogP contribution in [0.5, 0.6) is 0 Å². The highest BCUT2D eigenvalue weighted by Crippen LogP contribution is 2.35. The summed E-state index contributed by atoms with van der Waals surface area (Å²) in [7, 11) is 0. The molecule has 10 heteroatoms. The number of aliphatic carboxylic acids is 1. The van der Waals surface area contributed by atoms with Gasteiger partial charge in [0.25, 0.3) is 11.8 Å². The molecule has 2 aliphatic heterocycles. The van der Waals surface area contributed by atoms with E-state index < -0.39 is 12.0 Å². The molecular weight excluding hydrogens is 550 g/mol. The minimum atomic E-state index is -0.988. The highest BCUT2D eigenvalue weighted by molar-refractivity contribution is 9.10. The second-order valence-corrected chi connectivity index (χ2v) is 10.1. The van der Waals surface area contributed by atoms with Gasteiger partial charge in [0, 0.05) is 46.6 Å². The second-order valence-electron chi connectivity index (χ2n) is 9.14. The Morgan fingerprint density at radius 3 is 2.63 bits per heavy atom. The van der Waals surface area contributed by atoms with Crippen LogP contribution in [0.25, 0.3) is 0 Å². The molecule has 2 heterocycles. The fourth-order valence-corrected chi connectivity index (χ4v) is 4.87. The molecule has 0 aliphatic carbocycles. The molecule has 0 spiro atoms. The molecular formula is C28H26BrN5O4. The van der Waals surface area contributed by atoms with Gasteiger partial charge in [-0.1, -0.05) is 40.2 Å². The van der Waals surface area contributed by atoms with Crippen molar-refractivity contribution in [2.75, 3.05) is 23.7 Å². The van der Waals surface area contributed by atoms with E-state index in [4.69, 9.17) is 0 Å². The number of carboxylic acids is 1. The van der Waals surface area contributed by atoms with Gasteiger partial charge in [0.15, 0.2) is 5.96 Å². The first-order valence-corrected chi connectivity index (χ1v) is 13.0. The number of carbonyl (C=O) groups is 3. The summed E-state index contributed by atoms with van der Waals surface area (Å²) in [6, 6.07) is 19.0. The van der Waals surface area contributed by atoms with Crippen LogP contribution in [0.2, 0.25) is 0 Å². The predicted molar refractivity (Wildman–Crippen MR) is 148 cm³/mol. The summed E-state index contributed by atoms with van der Waals surface area (Å²) in [4.78, 5) is 44.0. The molecule has 1 unspecified atom stereocenters. The van der Waals surface area contributed by atoms with E-state index in [0.717, 1.165) is 40.8 Å². The summed E-state index contributed by atoms with van der Waals surface area (Å²) in [6.45, 7) is 1.90. The first kappa shape index (κ1) is 25.5. The molecule has 194 valence electrons. The maximum absolute atomic E-state index is 13.4. The lowest BCUT2D eigenvalue weighted by Crippen LogP contribution is -2.35. The molecule has 0 radical (unpaired) electrons. The number of amides is 2. The highest BCUT2D eigenvalue weighted by Gasteiger charge is 2.35. The number of nitrogens with zero attached hydrogens (tertiary/aromatic N) is 2. The molecule has 2 amide bonds. The third-order valence-corrected chi connectivity index (χ3v) is 7.01. The number of rotatable bonds is 7. The van der Waals surface area contributed by atoms with Crippen molar-refractivity contribution in [3.8, 4) is 0 Å². The lowest BCUT2D eigenvalue weighted by molar-refractivity contribution is -0.138. The van der Waals surface area contributed by atoms with Crippen LogP contribution >= 0.6 is 15.9 Å². The fourth-order valence-electron chi connectivity index (χ4n) is 4.61. The summed E-state index contributed by atoms with van der Waals surface area (Å²) >= 11 is 3.39. The van der Waals surface area contributed by atoms with Crippen LogP contribution in [0.3, 0.4) is 0 Å². The van der Waals surface area contributed by atoms with Crippen molar-refractivity contribution in [3.05, 3.63) is 93.5 Å². The number of benzene rings is 3. The Morgan fingerprint density at radius 2 is 1.89 bits per heavy atom. The van der Waals surface area contributed by atoms with Crippen molar-refractivity contribution in [3.63, 3.8) is 0 Å². The van der Waals surface area contributed by atoms with E-state index in [1.165, 1.54) is 0 Å². The molecule has 3 aromatic rings. The lowest BCUT2D eigenvalue weighted by atomic mass is 10.0. The van der Waals surface area contributed by atoms with E-state index >= 15 is 0 Å². The Balaban J connectivity index is 1.31.